The number of carboxylic acids is 1. The first-order valence-electron chi connectivity index (χ1n) is 10.1. The summed E-state index contributed by atoms with van der Waals surface area (Å²) in [5.41, 5.74) is 6.61. The zero-order chi connectivity index (χ0) is 22.5. The molecule has 31 heavy (non-hydrogen) atoms. The van der Waals surface area contributed by atoms with Crippen molar-refractivity contribution in [2.45, 2.75) is 38.8 Å². The molecule has 0 fully saturated rings. The van der Waals surface area contributed by atoms with Gasteiger partial charge in [0.05, 0.1) is 5.92 Å². The number of nitrogens with one attached hydrogen (secondary N) is 2. The fourth-order valence-corrected chi connectivity index (χ4v) is 3.47. The summed E-state index contributed by atoms with van der Waals surface area (Å²) >= 11 is 0. The fourth-order valence-electron chi connectivity index (χ4n) is 3.47. The van der Waals surface area contributed by atoms with Crippen LogP contribution < -0.4 is 10.8 Å². The molecular weight excluding hydrogens is 400 g/mol. The van der Waals surface area contributed by atoms with E-state index in [4.69, 9.17) is 14.7 Å². The van der Waals surface area contributed by atoms with E-state index >= 15 is 0 Å². The van der Waals surface area contributed by atoms with Crippen LogP contribution >= 0.6 is 0 Å². The van der Waals surface area contributed by atoms with Crippen molar-refractivity contribution in [2.75, 3.05) is 6.61 Å². The summed E-state index contributed by atoms with van der Waals surface area (Å²) in [6.07, 6.45) is -1.81. The van der Waals surface area contributed by atoms with Gasteiger partial charge in [-0.25, -0.2) is 15.1 Å². The second-order valence-electron chi connectivity index (χ2n) is 7.61. The Balaban J connectivity index is 1.54. The predicted octanol–water partition coefficient (Wildman–Crippen LogP) is 3.07. The number of hydroxylamine groups is 1. The molecule has 2 aromatic carbocycles. The Labute approximate surface area is 180 Å². The molecule has 2 amide bonds. The number of alkyl carbamates (subject to hydrolysis) is 1. The van der Waals surface area contributed by atoms with Crippen LogP contribution in [-0.2, 0) is 19.2 Å². The van der Waals surface area contributed by atoms with Gasteiger partial charge in [-0.2, -0.15) is 0 Å². The Morgan fingerprint density at radius 2 is 1.52 bits per heavy atom. The van der Waals surface area contributed by atoms with Gasteiger partial charge in [0.1, 0.15) is 6.61 Å². The van der Waals surface area contributed by atoms with Crippen molar-refractivity contribution >= 4 is 18.0 Å². The van der Waals surface area contributed by atoms with Crippen molar-refractivity contribution in [1.29, 1.82) is 0 Å². The van der Waals surface area contributed by atoms with Gasteiger partial charge in [-0.15, -0.1) is 0 Å². The molecule has 164 valence electrons. The number of aliphatic carboxylic acids is 1. The molecule has 0 radical (unpaired) electrons. The van der Waals surface area contributed by atoms with Gasteiger partial charge in [-0.1, -0.05) is 55.5 Å². The van der Waals surface area contributed by atoms with Crippen LogP contribution in [0.2, 0.25) is 0 Å². The molecule has 2 aromatic rings. The second kappa shape index (κ2) is 9.61. The molecule has 0 aromatic heterocycles. The molecule has 8 nitrogen and oxygen atoms in total. The molecule has 0 bridgehead atoms. The quantitative estimate of drug-likeness (QED) is 0.559. The van der Waals surface area contributed by atoms with Crippen molar-refractivity contribution in [3.8, 4) is 11.1 Å². The van der Waals surface area contributed by atoms with Crippen LogP contribution in [0.5, 0.6) is 0 Å². The average molecular weight is 426 g/mol. The average Bonchev–Trinajstić information content (AvgIpc) is 3.08. The lowest BCUT2D eigenvalue weighted by Gasteiger charge is -2.21. The molecule has 1 aliphatic carbocycles. The van der Waals surface area contributed by atoms with Gasteiger partial charge < -0.3 is 15.2 Å². The van der Waals surface area contributed by atoms with Gasteiger partial charge in [0.2, 0.25) is 5.91 Å². The molecule has 8 heteroatoms. The molecule has 3 rings (SSSR count). The minimum atomic E-state index is -1.20. The minimum absolute atomic E-state index is 0.0555. The number of carboxylic acid groups (broad SMARTS) is 1. The Morgan fingerprint density at radius 3 is 2.06 bits per heavy atom. The Hall–Kier alpha value is -3.39. The zero-order valence-corrected chi connectivity index (χ0v) is 17.6. The Morgan fingerprint density at radius 1 is 0.968 bits per heavy atom. The van der Waals surface area contributed by atoms with E-state index in [1.165, 1.54) is 6.92 Å². The third-order valence-corrected chi connectivity index (χ3v) is 5.54. The van der Waals surface area contributed by atoms with E-state index < -0.39 is 36.0 Å². The number of hydrogen-bond acceptors (Lipinski definition) is 5. The van der Waals surface area contributed by atoms with Crippen molar-refractivity contribution in [3.05, 3.63) is 59.7 Å². The number of carbonyl (C=O) groups is 3. The zero-order valence-electron chi connectivity index (χ0n) is 17.6. The van der Waals surface area contributed by atoms with Gasteiger partial charge in [-0.3, -0.25) is 9.63 Å². The molecule has 0 aliphatic heterocycles. The largest absolute Gasteiger partial charge is 0.479 e. The molecule has 1 aliphatic rings. The molecule has 0 saturated heterocycles. The SMILES string of the molecule is CC(ONC(=O)C(C)C(C)NC(=O)OCC1c2ccccc2-c2ccccc21)C(=O)O. The highest BCUT2D eigenvalue weighted by Gasteiger charge is 2.30. The Bertz CT molecular complexity index is 931. The number of carbonyl (C=O) groups excluding carboxylic acids is 2. The van der Waals surface area contributed by atoms with Crippen LogP contribution in [0, 0.1) is 5.92 Å². The van der Waals surface area contributed by atoms with Crippen LogP contribution in [0.3, 0.4) is 0 Å². The first-order valence-corrected chi connectivity index (χ1v) is 10.1. The van der Waals surface area contributed by atoms with Crippen LogP contribution in [0.1, 0.15) is 37.8 Å². The van der Waals surface area contributed by atoms with E-state index in [2.05, 4.69) is 22.9 Å². The van der Waals surface area contributed by atoms with E-state index in [9.17, 15) is 14.4 Å². The molecular formula is C23H26N2O6. The van der Waals surface area contributed by atoms with Crippen molar-refractivity contribution in [3.63, 3.8) is 0 Å². The summed E-state index contributed by atoms with van der Waals surface area (Å²) in [6.45, 7) is 4.73. The maximum absolute atomic E-state index is 12.3. The van der Waals surface area contributed by atoms with Gasteiger partial charge in [0.25, 0.3) is 0 Å². The highest BCUT2D eigenvalue weighted by molar-refractivity contribution is 5.80. The molecule has 3 unspecified atom stereocenters. The van der Waals surface area contributed by atoms with Crippen LogP contribution in [-0.4, -0.2) is 41.8 Å². The van der Waals surface area contributed by atoms with Crippen LogP contribution in [0.25, 0.3) is 11.1 Å². The van der Waals surface area contributed by atoms with Crippen LogP contribution in [0.15, 0.2) is 48.5 Å². The Kier molecular flexibility index (Phi) is 6.91. The number of amides is 2. The van der Waals surface area contributed by atoms with Gasteiger partial charge in [-0.05, 0) is 36.1 Å². The maximum Gasteiger partial charge on any atom is 0.407 e. The second-order valence-corrected chi connectivity index (χ2v) is 7.61. The molecule has 3 N–H and O–H groups in total. The highest BCUT2D eigenvalue weighted by atomic mass is 16.7. The van der Waals surface area contributed by atoms with Gasteiger partial charge >= 0.3 is 12.1 Å². The van der Waals surface area contributed by atoms with Crippen molar-refractivity contribution < 1.29 is 29.1 Å². The predicted molar refractivity (Wildman–Crippen MR) is 113 cm³/mol. The minimum Gasteiger partial charge on any atom is -0.479 e. The van der Waals surface area contributed by atoms with Gasteiger partial charge in [0.15, 0.2) is 6.10 Å². The number of fused-ring (bicyclic) bond motifs is 3. The van der Waals surface area contributed by atoms with E-state index in [0.717, 1.165) is 22.3 Å². The standard InChI is InChI=1S/C23H26N2O6/c1-13(21(26)25-31-15(3)22(27)28)14(2)24-23(29)30-12-20-18-10-6-4-8-16(18)17-9-5-7-11-19(17)20/h4-11,13-15,20H,12H2,1-3H3,(H,24,29)(H,25,26)(H,27,28). The normalized spacial score (nSPS) is 15.2. The third-order valence-electron chi connectivity index (χ3n) is 5.54. The molecule has 0 spiro atoms. The third kappa shape index (κ3) is 5.03. The summed E-state index contributed by atoms with van der Waals surface area (Å²) in [5, 5.41) is 11.4. The van der Waals surface area contributed by atoms with E-state index in [1.807, 2.05) is 36.4 Å². The van der Waals surface area contributed by atoms with E-state index in [-0.39, 0.29) is 12.5 Å². The smallest absolute Gasteiger partial charge is 0.407 e. The summed E-state index contributed by atoms with van der Waals surface area (Å²) in [5.74, 6) is -2.46. The van der Waals surface area contributed by atoms with Crippen molar-refractivity contribution in [2.24, 2.45) is 5.92 Å². The molecule has 0 saturated carbocycles. The van der Waals surface area contributed by atoms with Gasteiger partial charge in [0, 0.05) is 12.0 Å². The van der Waals surface area contributed by atoms with Crippen LogP contribution in [0.4, 0.5) is 4.79 Å². The summed E-state index contributed by atoms with van der Waals surface area (Å²) in [4.78, 5) is 40.0. The lowest BCUT2D eigenvalue weighted by atomic mass is 9.98. The monoisotopic (exact) mass is 426 g/mol. The number of ether oxygens (including phenoxy) is 1. The fraction of sp³-hybridized carbons (Fsp3) is 0.348. The summed E-state index contributed by atoms with van der Waals surface area (Å²) in [6, 6.07) is 15.5. The number of hydrogen-bond donors (Lipinski definition) is 3. The van der Waals surface area contributed by atoms with E-state index in [1.54, 1.807) is 13.8 Å². The molecule has 0 heterocycles. The highest BCUT2D eigenvalue weighted by Crippen LogP contribution is 2.44. The number of rotatable bonds is 8. The first kappa shape index (κ1) is 22.3. The lowest BCUT2D eigenvalue weighted by molar-refractivity contribution is -0.160. The van der Waals surface area contributed by atoms with E-state index in [0.29, 0.717) is 0 Å². The topological polar surface area (TPSA) is 114 Å². The first-order chi connectivity index (χ1) is 14.8. The summed E-state index contributed by atoms with van der Waals surface area (Å²) < 4.78 is 5.48. The summed E-state index contributed by atoms with van der Waals surface area (Å²) in [7, 11) is 0. The molecule has 3 atom stereocenters. The lowest BCUT2D eigenvalue weighted by Crippen LogP contribution is -2.45. The maximum atomic E-state index is 12.3. The van der Waals surface area contributed by atoms with Crippen molar-refractivity contribution in [1.82, 2.24) is 10.8 Å². The number of benzene rings is 2.